The Morgan fingerprint density at radius 3 is 1.95 bits per heavy atom. The molecule has 0 unspecified atom stereocenters. The minimum absolute atomic E-state index is 0.400. The zero-order valence-electron chi connectivity index (χ0n) is 14.7. The minimum Gasteiger partial charge on any atom is -0.378 e. The van der Waals surface area contributed by atoms with Gasteiger partial charge in [0.1, 0.15) is 0 Å². The van der Waals surface area contributed by atoms with Gasteiger partial charge in [-0.25, -0.2) is 0 Å². The van der Waals surface area contributed by atoms with Crippen LogP contribution < -0.4 is 0 Å². The van der Waals surface area contributed by atoms with Crippen LogP contribution >= 0.6 is 0 Å². The fourth-order valence-corrected chi connectivity index (χ4v) is 4.24. The smallest absolute Gasteiger partial charge is 0.0785 e. The molecule has 0 aliphatic heterocycles. The maximum atomic E-state index is 6.54. The highest BCUT2D eigenvalue weighted by Gasteiger charge is 2.29. The van der Waals surface area contributed by atoms with Crippen LogP contribution in [0.25, 0.3) is 0 Å². The van der Waals surface area contributed by atoms with Gasteiger partial charge in [0.2, 0.25) is 0 Å². The Kier molecular flexibility index (Phi) is 11.5. The van der Waals surface area contributed by atoms with E-state index >= 15 is 0 Å². The Morgan fingerprint density at radius 2 is 1.50 bits per heavy atom. The molecule has 2 heteroatoms. The summed E-state index contributed by atoms with van der Waals surface area (Å²) < 4.78 is 6.54. The van der Waals surface area contributed by atoms with Crippen molar-refractivity contribution in [2.45, 2.75) is 103 Å². The molecule has 0 spiro atoms. The lowest BCUT2D eigenvalue weighted by Crippen LogP contribution is -2.42. The van der Waals surface area contributed by atoms with E-state index in [1.807, 2.05) is 6.08 Å². The van der Waals surface area contributed by atoms with Crippen molar-refractivity contribution in [3.8, 4) is 0 Å². The van der Waals surface area contributed by atoms with Crippen molar-refractivity contribution < 1.29 is 4.74 Å². The Bertz CT molecular complexity index is 232. The summed E-state index contributed by atoms with van der Waals surface area (Å²) in [6.45, 7) is 15.8. The second kappa shape index (κ2) is 11.6. The second-order valence-corrected chi connectivity index (χ2v) is 12.5. The summed E-state index contributed by atoms with van der Waals surface area (Å²) in [5.74, 6) is 0. The first-order valence-electron chi connectivity index (χ1n) is 8.72. The molecule has 0 saturated carbocycles. The molecule has 20 heavy (non-hydrogen) atoms. The van der Waals surface area contributed by atoms with Crippen LogP contribution in [0.5, 0.6) is 0 Å². The number of ether oxygens (including phenoxy) is 1. The number of rotatable bonds is 13. The number of hydrogen-bond donors (Lipinski definition) is 0. The van der Waals surface area contributed by atoms with Crippen LogP contribution in [0, 0.1) is 0 Å². The molecule has 2 atom stereocenters. The van der Waals surface area contributed by atoms with Crippen molar-refractivity contribution in [3.05, 3.63) is 12.7 Å². The molecule has 0 aromatic rings. The van der Waals surface area contributed by atoms with Crippen molar-refractivity contribution in [2.24, 2.45) is 0 Å². The summed E-state index contributed by atoms with van der Waals surface area (Å²) in [6.07, 6.45) is 13.8. The first-order valence-corrected chi connectivity index (χ1v) is 12.3. The SMILES string of the molecule is C=CC[C@@H](CCCCC)O[C@H](CCCCC)[Si](C)(C)C. The first-order chi connectivity index (χ1) is 9.45. The lowest BCUT2D eigenvalue weighted by atomic mass is 10.1. The van der Waals surface area contributed by atoms with Crippen LogP contribution in [0.15, 0.2) is 12.7 Å². The largest absolute Gasteiger partial charge is 0.378 e. The molecule has 0 N–H and O–H groups in total. The topological polar surface area (TPSA) is 9.23 Å². The molecular formula is C18H38OSi. The van der Waals surface area contributed by atoms with E-state index in [-0.39, 0.29) is 0 Å². The van der Waals surface area contributed by atoms with Gasteiger partial charge in [0.15, 0.2) is 0 Å². The molecule has 0 heterocycles. The third kappa shape index (κ3) is 9.76. The first kappa shape index (κ1) is 19.9. The average molecular weight is 299 g/mol. The van der Waals surface area contributed by atoms with Gasteiger partial charge in [-0.15, -0.1) is 6.58 Å². The van der Waals surface area contributed by atoms with Crippen molar-refractivity contribution in [2.75, 3.05) is 0 Å². The number of unbranched alkanes of at least 4 members (excludes halogenated alkanes) is 4. The van der Waals surface area contributed by atoms with E-state index in [2.05, 4.69) is 40.1 Å². The maximum absolute atomic E-state index is 6.54. The molecule has 0 aromatic carbocycles. The van der Waals surface area contributed by atoms with Gasteiger partial charge in [-0.2, -0.15) is 0 Å². The highest BCUT2D eigenvalue weighted by Crippen LogP contribution is 2.23. The van der Waals surface area contributed by atoms with Crippen molar-refractivity contribution in [3.63, 3.8) is 0 Å². The summed E-state index contributed by atoms with van der Waals surface area (Å²) in [7, 11) is -1.23. The van der Waals surface area contributed by atoms with Gasteiger partial charge in [0, 0.05) is 5.73 Å². The summed E-state index contributed by atoms with van der Waals surface area (Å²) >= 11 is 0. The van der Waals surface area contributed by atoms with Crippen LogP contribution in [0.4, 0.5) is 0 Å². The van der Waals surface area contributed by atoms with E-state index in [1.165, 1.54) is 51.4 Å². The lowest BCUT2D eigenvalue weighted by molar-refractivity contribution is 0.0156. The van der Waals surface area contributed by atoms with E-state index in [0.717, 1.165) is 6.42 Å². The molecular weight excluding hydrogens is 260 g/mol. The monoisotopic (exact) mass is 298 g/mol. The summed E-state index contributed by atoms with van der Waals surface area (Å²) in [5.41, 5.74) is 0.514. The molecule has 120 valence electrons. The zero-order valence-corrected chi connectivity index (χ0v) is 15.7. The quantitative estimate of drug-likeness (QED) is 0.218. The third-order valence-electron chi connectivity index (χ3n) is 3.95. The van der Waals surface area contributed by atoms with Crippen molar-refractivity contribution in [1.29, 1.82) is 0 Å². The average Bonchev–Trinajstić information content (AvgIpc) is 2.37. The molecule has 0 radical (unpaired) electrons. The Morgan fingerprint density at radius 1 is 0.950 bits per heavy atom. The molecule has 0 saturated heterocycles. The maximum Gasteiger partial charge on any atom is 0.0785 e. The standard InChI is InChI=1S/C18H38OSi/c1-7-10-12-15-17(14-9-3)19-18(20(4,5)6)16-13-11-8-2/h9,17-18H,3,7-8,10-16H2,1-2,4-6H3/t17-,18-/m0/s1. The van der Waals surface area contributed by atoms with Crippen LogP contribution in [0.1, 0.15) is 71.6 Å². The fraction of sp³-hybridized carbons (Fsp3) is 0.889. The second-order valence-electron chi connectivity index (χ2n) is 7.13. The van der Waals surface area contributed by atoms with Gasteiger partial charge in [-0.1, -0.05) is 78.1 Å². The third-order valence-corrected chi connectivity index (χ3v) is 6.31. The molecule has 0 aliphatic carbocycles. The normalized spacial score (nSPS) is 15.1. The van der Waals surface area contributed by atoms with E-state index in [1.54, 1.807) is 0 Å². The van der Waals surface area contributed by atoms with Gasteiger partial charge in [0.25, 0.3) is 0 Å². The Balaban J connectivity index is 4.41. The highest BCUT2D eigenvalue weighted by molar-refractivity contribution is 6.77. The van der Waals surface area contributed by atoms with Crippen molar-refractivity contribution >= 4 is 8.07 Å². The van der Waals surface area contributed by atoms with Gasteiger partial charge in [-0.3, -0.25) is 0 Å². The molecule has 0 aliphatic rings. The van der Waals surface area contributed by atoms with Gasteiger partial charge in [0.05, 0.1) is 14.2 Å². The summed E-state index contributed by atoms with van der Waals surface area (Å²) in [4.78, 5) is 0. The van der Waals surface area contributed by atoms with Crippen LogP contribution in [-0.2, 0) is 4.74 Å². The van der Waals surface area contributed by atoms with Gasteiger partial charge < -0.3 is 4.74 Å². The lowest BCUT2D eigenvalue weighted by Gasteiger charge is -2.33. The van der Waals surface area contributed by atoms with Crippen LogP contribution in [0.2, 0.25) is 19.6 Å². The fourth-order valence-electron chi connectivity index (χ4n) is 2.57. The van der Waals surface area contributed by atoms with E-state index in [0.29, 0.717) is 11.8 Å². The molecule has 1 nitrogen and oxygen atoms in total. The highest BCUT2D eigenvalue weighted by atomic mass is 28.3. The van der Waals surface area contributed by atoms with Crippen molar-refractivity contribution in [1.82, 2.24) is 0 Å². The van der Waals surface area contributed by atoms with Crippen LogP contribution in [0.3, 0.4) is 0 Å². The van der Waals surface area contributed by atoms with Gasteiger partial charge in [-0.05, 0) is 19.3 Å². The Labute approximate surface area is 129 Å². The van der Waals surface area contributed by atoms with E-state index < -0.39 is 8.07 Å². The molecule has 0 bridgehead atoms. The predicted octanol–water partition coefficient (Wildman–Crippen LogP) is 6.35. The van der Waals surface area contributed by atoms with Crippen LogP contribution in [-0.4, -0.2) is 19.9 Å². The molecule has 0 amide bonds. The van der Waals surface area contributed by atoms with E-state index in [4.69, 9.17) is 4.74 Å². The molecule has 0 aromatic heterocycles. The zero-order chi connectivity index (χ0) is 15.4. The predicted molar refractivity (Wildman–Crippen MR) is 95.1 cm³/mol. The summed E-state index contributed by atoms with van der Waals surface area (Å²) in [5, 5.41) is 0. The Hall–Kier alpha value is -0.0831. The molecule has 0 rings (SSSR count). The number of hydrogen-bond acceptors (Lipinski definition) is 1. The van der Waals surface area contributed by atoms with Gasteiger partial charge >= 0.3 is 0 Å². The minimum atomic E-state index is -1.23. The van der Waals surface area contributed by atoms with E-state index in [9.17, 15) is 0 Å². The molecule has 0 fully saturated rings. The summed E-state index contributed by atoms with van der Waals surface area (Å²) in [6, 6.07) is 0.